The molecule has 0 atom stereocenters. The highest BCUT2D eigenvalue weighted by molar-refractivity contribution is 7.71. The zero-order valence-electron chi connectivity index (χ0n) is 17.0. The first-order valence-corrected chi connectivity index (χ1v) is 10.0. The number of hydrogen-bond donors (Lipinski definition) is 3. The van der Waals surface area contributed by atoms with Crippen molar-refractivity contribution in [3.05, 3.63) is 59.1 Å². The summed E-state index contributed by atoms with van der Waals surface area (Å²) >= 11 is 5.35. The normalized spacial score (nSPS) is 10.8. The molecule has 0 bridgehead atoms. The number of anilines is 1. The Morgan fingerprint density at radius 3 is 2.55 bits per heavy atom. The predicted molar refractivity (Wildman–Crippen MR) is 119 cm³/mol. The van der Waals surface area contributed by atoms with Gasteiger partial charge < -0.3 is 10.1 Å². The quantitative estimate of drug-likeness (QED) is 0.381. The minimum Gasteiger partial charge on any atom is -0.497 e. The Morgan fingerprint density at radius 1 is 1.10 bits per heavy atom. The van der Waals surface area contributed by atoms with Gasteiger partial charge in [0.25, 0.3) is 0 Å². The van der Waals surface area contributed by atoms with Gasteiger partial charge >= 0.3 is 0 Å². The maximum Gasteiger partial charge on any atom is 0.227 e. The number of rotatable bonds is 7. The molecule has 0 radical (unpaired) electrons. The largest absolute Gasteiger partial charge is 0.497 e. The molecular weight excluding hydrogens is 414 g/mol. The standard InChI is InChI=1S/C21H21N7O2S/c1-13-18(14-7-10-22-11-8-14)24-25-19(13)23-17(29)9-12-28-20(26-27-21(28)31)15-3-5-16(30-2)6-4-15/h3-8,10-11H,9,12H2,1-2H3,(H,27,31)(H2,23,24,25,29). The zero-order chi connectivity index (χ0) is 21.8. The van der Waals surface area contributed by atoms with Crippen LogP contribution in [0.1, 0.15) is 12.0 Å². The van der Waals surface area contributed by atoms with Crippen molar-refractivity contribution in [1.82, 2.24) is 29.9 Å². The molecule has 0 aliphatic rings. The van der Waals surface area contributed by atoms with E-state index in [1.807, 2.05) is 43.3 Å². The van der Waals surface area contributed by atoms with Crippen LogP contribution < -0.4 is 10.1 Å². The Morgan fingerprint density at radius 2 is 1.84 bits per heavy atom. The van der Waals surface area contributed by atoms with E-state index in [2.05, 4.69) is 30.7 Å². The van der Waals surface area contributed by atoms with E-state index in [-0.39, 0.29) is 12.3 Å². The molecule has 0 spiro atoms. The molecule has 0 aliphatic heterocycles. The van der Waals surface area contributed by atoms with Crippen molar-refractivity contribution in [3.8, 4) is 28.4 Å². The molecule has 4 aromatic rings. The number of aromatic nitrogens is 6. The second-order valence-corrected chi connectivity index (χ2v) is 7.23. The molecule has 31 heavy (non-hydrogen) atoms. The smallest absolute Gasteiger partial charge is 0.227 e. The number of aromatic amines is 2. The van der Waals surface area contributed by atoms with Gasteiger partial charge in [-0.1, -0.05) is 0 Å². The molecule has 3 N–H and O–H groups in total. The van der Waals surface area contributed by atoms with E-state index in [9.17, 15) is 4.79 Å². The molecule has 0 saturated heterocycles. The summed E-state index contributed by atoms with van der Waals surface area (Å²) in [5.41, 5.74) is 3.53. The third kappa shape index (κ3) is 4.38. The highest BCUT2D eigenvalue weighted by Crippen LogP contribution is 2.25. The van der Waals surface area contributed by atoms with Gasteiger partial charge in [-0.15, -0.1) is 0 Å². The molecule has 0 aliphatic carbocycles. The van der Waals surface area contributed by atoms with E-state index >= 15 is 0 Å². The maximum absolute atomic E-state index is 12.6. The molecular formula is C21H21N7O2S. The summed E-state index contributed by atoms with van der Waals surface area (Å²) in [5.74, 6) is 1.75. The van der Waals surface area contributed by atoms with Crippen molar-refractivity contribution in [2.24, 2.45) is 0 Å². The summed E-state index contributed by atoms with van der Waals surface area (Å²) < 4.78 is 7.45. The number of methoxy groups -OCH3 is 1. The topological polar surface area (TPSA) is 114 Å². The molecule has 1 aromatic carbocycles. The average molecular weight is 436 g/mol. The number of hydrogen-bond acceptors (Lipinski definition) is 6. The van der Waals surface area contributed by atoms with Crippen LogP contribution in [-0.4, -0.2) is 43.0 Å². The molecule has 158 valence electrons. The molecule has 3 aromatic heterocycles. The fourth-order valence-corrected chi connectivity index (χ4v) is 3.44. The lowest BCUT2D eigenvalue weighted by Gasteiger charge is -2.08. The fourth-order valence-electron chi connectivity index (χ4n) is 3.21. The van der Waals surface area contributed by atoms with Gasteiger partial charge in [0.1, 0.15) is 5.75 Å². The molecule has 10 heteroatoms. The van der Waals surface area contributed by atoms with Crippen molar-refractivity contribution in [3.63, 3.8) is 0 Å². The van der Waals surface area contributed by atoms with Crippen LogP contribution >= 0.6 is 12.2 Å². The summed E-state index contributed by atoms with van der Waals surface area (Å²) in [4.78, 5) is 16.6. The number of H-pyrrole nitrogens is 2. The average Bonchev–Trinajstić information content (AvgIpc) is 3.35. The maximum atomic E-state index is 12.6. The number of benzene rings is 1. The van der Waals surface area contributed by atoms with Gasteiger partial charge in [0.15, 0.2) is 16.4 Å². The highest BCUT2D eigenvalue weighted by atomic mass is 32.1. The predicted octanol–water partition coefficient (Wildman–Crippen LogP) is 3.74. The lowest BCUT2D eigenvalue weighted by atomic mass is 10.1. The van der Waals surface area contributed by atoms with Gasteiger partial charge in [0, 0.05) is 42.0 Å². The number of carbonyl (C=O) groups is 1. The fraction of sp³-hybridized carbons (Fsp3) is 0.190. The second kappa shape index (κ2) is 8.92. The van der Waals surface area contributed by atoms with Crippen LogP contribution in [0.25, 0.3) is 22.6 Å². The van der Waals surface area contributed by atoms with Crippen LogP contribution in [-0.2, 0) is 11.3 Å². The van der Waals surface area contributed by atoms with E-state index in [1.165, 1.54) is 0 Å². The number of carbonyl (C=O) groups excluding carboxylic acids is 1. The number of nitrogens with one attached hydrogen (secondary N) is 3. The van der Waals surface area contributed by atoms with E-state index in [0.29, 0.717) is 23.0 Å². The van der Waals surface area contributed by atoms with Crippen molar-refractivity contribution >= 4 is 23.9 Å². The third-order valence-electron chi connectivity index (χ3n) is 4.91. The van der Waals surface area contributed by atoms with E-state index in [4.69, 9.17) is 17.0 Å². The lowest BCUT2D eigenvalue weighted by Crippen LogP contribution is -2.16. The third-order valence-corrected chi connectivity index (χ3v) is 5.22. The minimum absolute atomic E-state index is 0.167. The first-order chi connectivity index (χ1) is 15.1. The second-order valence-electron chi connectivity index (χ2n) is 6.84. The summed E-state index contributed by atoms with van der Waals surface area (Å²) in [6.45, 7) is 2.28. The van der Waals surface area contributed by atoms with Gasteiger partial charge in [0.2, 0.25) is 5.91 Å². The number of pyridine rings is 1. The molecule has 9 nitrogen and oxygen atoms in total. The van der Waals surface area contributed by atoms with Crippen LogP contribution in [0.5, 0.6) is 5.75 Å². The molecule has 0 saturated carbocycles. The van der Waals surface area contributed by atoms with Gasteiger partial charge in [-0.25, -0.2) is 0 Å². The van der Waals surface area contributed by atoms with Crippen LogP contribution in [0, 0.1) is 11.7 Å². The van der Waals surface area contributed by atoms with Gasteiger partial charge in [-0.05, 0) is 55.5 Å². The highest BCUT2D eigenvalue weighted by Gasteiger charge is 2.15. The number of nitrogens with zero attached hydrogens (tertiary/aromatic N) is 4. The van der Waals surface area contributed by atoms with Crippen LogP contribution in [0.15, 0.2) is 48.8 Å². The van der Waals surface area contributed by atoms with Crippen LogP contribution in [0.4, 0.5) is 5.82 Å². The Kier molecular flexibility index (Phi) is 5.89. The number of amides is 1. The van der Waals surface area contributed by atoms with E-state index in [1.54, 1.807) is 24.1 Å². The zero-order valence-corrected chi connectivity index (χ0v) is 17.9. The first-order valence-electron chi connectivity index (χ1n) is 9.61. The molecule has 0 fully saturated rings. The van der Waals surface area contributed by atoms with E-state index < -0.39 is 0 Å². The molecule has 3 heterocycles. The summed E-state index contributed by atoms with van der Waals surface area (Å²) in [5, 5.41) is 17.2. The number of ether oxygens (including phenoxy) is 1. The van der Waals surface area contributed by atoms with Crippen LogP contribution in [0.2, 0.25) is 0 Å². The molecule has 0 unspecified atom stereocenters. The lowest BCUT2D eigenvalue weighted by molar-refractivity contribution is -0.116. The van der Waals surface area contributed by atoms with Gasteiger partial charge in [-0.3, -0.25) is 24.5 Å². The van der Waals surface area contributed by atoms with Crippen LogP contribution in [0.3, 0.4) is 0 Å². The monoisotopic (exact) mass is 435 g/mol. The van der Waals surface area contributed by atoms with E-state index in [0.717, 1.165) is 28.1 Å². The van der Waals surface area contributed by atoms with Gasteiger partial charge in [0.05, 0.1) is 12.8 Å². The summed E-state index contributed by atoms with van der Waals surface area (Å²) in [6.07, 6.45) is 3.64. The molecule has 4 rings (SSSR count). The van der Waals surface area contributed by atoms with Crippen molar-refractivity contribution in [2.75, 3.05) is 12.4 Å². The Bertz CT molecular complexity index is 1240. The SMILES string of the molecule is COc1ccc(-c2n[nH]c(=S)n2CCC(=O)Nc2n[nH]c(-c3ccncc3)c2C)cc1. The Balaban J connectivity index is 1.45. The molecule has 1 amide bonds. The van der Waals surface area contributed by atoms with Gasteiger partial charge in [-0.2, -0.15) is 10.2 Å². The first kappa shape index (κ1) is 20.5. The minimum atomic E-state index is -0.167. The Hall–Kier alpha value is -3.79. The van der Waals surface area contributed by atoms with Crippen molar-refractivity contribution < 1.29 is 9.53 Å². The van der Waals surface area contributed by atoms with Crippen molar-refractivity contribution in [1.29, 1.82) is 0 Å². The summed E-state index contributed by atoms with van der Waals surface area (Å²) in [7, 11) is 1.62. The van der Waals surface area contributed by atoms with Crippen molar-refractivity contribution in [2.45, 2.75) is 19.9 Å². The summed E-state index contributed by atoms with van der Waals surface area (Å²) in [6, 6.07) is 11.3. The Labute approximate surface area is 183 Å².